The molecule has 0 aromatic carbocycles. The van der Waals surface area contributed by atoms with Crippen molar-refractivity contribution >= 4 is 17.4 Å². The summed E-state index contributed by atoms with van der Waals surface area (Å²) >= 11 is 0. The first-order chi connectivity index (χ1) is 8.90. The third kappa shape index (κ3) is 5.03. The van der Waals surface area contributed by atoms with Crippen molar-refractivity contribution in [1.29, 1.82) is 0 Å². The minimum absolute atomic E-state index is 0.0247. The highest BCUT2D eigenvalue weighted by atomic mass is 16.5. The number of nitrogens with zero attached hydrogens (tertiary/aromatic N) is 2. The Morgan fingerprint density at radius 1 is 1.47 bits per heavy atom. The summed E-state index contributed by atoms with van der Waals surface area (Å²) in [5.74, 6) is 1.34. The normalized spacial score (nSPS) is 10.4. The molecule has 1 heterocycles. The maximum atomic E-state index is 11.5. The molecule has 3 N–H and O–H groups in total. The zero-order valence-corrected chi connectivity index (χ0v) is 11.9. The van der Waals surface area contributed by atoms with Crippen LogP contribution in [0.5, 0.6) is 5.88 Å². The predicted molar refractivity (Wildman–Crippen MR) is 76.2 cm³/mol. The van der Waals surface area contributed by atoms with Gasteiger partial charge in [-0.2, -0.15) is 4.98 Å². The van der Waals surface area contributed by atoms with Gasteiger partial charge >= 0.3 is 0 Å². The second kappa shape index (κ2) is 6.82. The van der Waals surface area contributed by atoms with Crippen LogP contribution >= 0.6 is 0 Å². The lowest BCUT2D eigenvalue weighted by Crippen LogP contribution is -2.28. The number of hydrogen-bond donors (Lipinski definition) is 2. The average Bonchev–Trinajstić information content (AvgIpc) is 2.35. The molecule has 6 nitrogen and oxygen atoms in total. The summed E-state index contributed by atoms with van der Waals surface area (Å²) in [6.07, 6.45) is 0. The van der Waals surface area contributed by atoms with Gasteiger partial charge in [-0.1, -0.05) is 13.8 Å². The molecule has 1 rings (SSSR count). The standard InChI is InChI=1S/C13H22N4O2/c1-9(2)8-19-13-10(14)5-6-11(16-13)15-7-12(18)17(3)4/h5-6,9H,7-8,14H2,1-4H3,(H,15,16). The third-order valence-corrected chi connectivity index (χ3v) is 2.36. The molecule has 106 valence electrons. The topological polar surface area (TPSA) is 80.5 Å². The number of carbonyl (C=O) groups excluding carboxylic acids is 1. The fourth-order valence-electron chi connectivity index (χ4n) is 1.24. The monoisotopic (exact) mass is 266 g/mol. The summed E-state index contributed by atoms with van der Waals surface area (Å²) in [5, 5.41) is 2.94. The third-order valence-electron chi connectivity index (χ3n) is 2.36. The van der Waals surface area contributed by atoms with Gasteiger partial charge in [-0.15, -0.1) is 0 Å². The maximum Gasteiger partial charge on any atom is 0.241 e. The van der Waals surface area contributed by atoms with Gasteiger partial charge in [-0.3, -0.25) is 4.79 Å². The molecule has 1 aromatic heterocycles. The fraction of sp³-hybridized carbons (Fsp3) is 0.538. The largest absolute Gasteiger partial charge is 0.476 e. The first-order valence-electron chi connectivity index (χ1n) is 6.23. The lowest BCUT2D eigenvalue weighted by molar-refractivity contribution is -0.126. The predicted octanol–water partition coefficient (Wildman–Crippen LogP) is 1.20. The van der Waals surface area contributed by atoms with Crippen molar-refractivity contribution in [1.82, 2.24) is 9.88 Å². The second-order valence-corrected chi connectivity index (χ2v) is 4.94. The molecule has 1 aromatic rings. The van der Waals surface area contributed by atoms with E-state index in [1.165, 1.54) is 4.90 Å². The van der Waals surface area contributed by atoms with Crippen LogP contribution < -0.4 is 15.8 Å². The number of carbonyl (C=O) groups is 1. The summed E-state index contributed by atoms with van der Waals surface area (Å²) in [7, 11) is 3.41. The number of amides is 1. The van der Waals surface area contributed by atoms with Crippen molar-refractivity contribution < 1.29 is 9.53 Å². The molecule has 0 saturated carbocycles. The van der Waals surface area contributed by atoms with Gasteiger partial charge in [-0.05, 0) is 18.1 Å². The van der Waals surface area contributed by atoms with Gasteiger partial charge in [0.2, 0.25) is 11.8 Å². The molecule has 0 radical (unpaired) electrons. The minimum atomic E-state index is -0.0247. The molecule has 1 amide bonds. The van der Waals surface area contributed by atoms with E-state index in [4.69, 9.17) is 10.5 Å². The smallest absolute Gasteiger partial charge is 0.241 e. The Balaban J connectivity index is 2.65. The van der Waals surface area contributed by atoms with Crippen LogP contribution in [0, 0.1) is 5.92 Å². The van der Waals surface area contributed by atoms with Crippen LogP contribution in [0.3, 0.4) is 0 Å². The van der Waals surface area contributed by atoms with Crippen LogP contribution in [0.15, 0.2) is 12.1 Å². The van der Waals surface area contributed by atoms with E-state index in [0.29, 0.717) is 29.9 Å². The quantitative estimate of drug-likeness (QED) is 0.808. The number of rotatable bonds is 6. The molecular formula is C13H22N4O2. The summed E-state index contributed by atoms with van der Waals surface area (Å²) in [5.41, 5.74) is 6.28. The number of likely N-dealkylation sites (N-methyl/N-ethyl adjacent to an activating group) is 1. The van der Waals surface area contributed by atoms with Crippen LogP contribution in [0.1, 0.15) is 13.8 Å². The molecule has 0 atom stereocenters. The molecule has 0 aliphatic carbocycles. The molecule has 6 heteroatoms. The molecule has 0 bridgehead atoms. The number of hydrogen-bond acceptors (Lipinski definition) is 5. The van der Waals surface area contributed by atoms with E-state index in [1.807, 2.05) is 13.8 Å². The van der Waals surface area contributed by atoms with E-state index < -0.39 is 0 Å². The molecule has 0 aliphatic rings. The Kier molecular flexibility index (Phi) is 5.41. The fourth-order valence-corrected chi connectivity index (χ4v) is 1.24. The molecule has 19 heavy (non-hydrogen) atoms. The number of pyridine rings is 1. The zero-order valence-electron chi connectivity index (χ0n) is 11.9. The van der Waals surface area contributed by atoms with Crippen LogP contribution in [0.25, 0.3) is 0 Å². The number of nitrogen functional groups attached to an aromatic ring is 1. The highest BCUT2D eigenvalue weighted by Gasteiger charge is 2.08. The van der Waals surface area contributed by atoms with Crippen molar-refractivity contribution in [3.63, 3.8) is 0 Å². The van der Waals surface area contributed by atoms with Crippen molar-refractivity contribution in [3.05, 3.63) is 12.1 Å². The van der Waals surface area contributed by atoms with Gasteiger partial charge in [0, 0.05) is 14.1 Å². The van der Waals surface area contributed by atoms with E-state index in [-0.39, 0.29) is 12.5 Å². The maximum absolute atomic E-state index is 11.5. The van der Waals surface area contributed by atoms with Crippen molar-refractivity contribution in [2.45, 2.75) is 13.8 Å². The second-order valence-electron chi connectivity index (χ2n) is 4.94. The lowest BCUT2D eigenvalue weighted by Gasteiger charge is -2.13. The Hall–Kier alpha value is -1.98. The molecule has 0 aliphatic heterocycles. The van der Waals surface area contributed by atoms with E-state index in [0.717, 1.165) is 0 Å². The van der Waals surface area contributed by atoms with Crippen molar-refractivity contribution in [2.75, 3.05) is 38.3 Å². The van der Waals surface area contributed by atoms with Crippen LogP contribution in [0.2, 0.25) is 0 Å². The Labute approximate surface area is 113 Å². The molecule has 0 spiro atoms. The summed E-state index contributed by atoms with van der Waals surface area (Å²) in [4.78, 5) is 17.2. The highest BCUT2D eigenvalue weighted by Crippen LogP contribution is 2.21. The average molecular weight is 266 g/mol. The molecule has 0 fully saturated rings. The number of anilines is 2. The minimum Gasteiger partial charge on any atom is -0.476 e. The van der Waals surface area contributed by atoms with E-state index >= 15 is 0 Å². The number of aromatic nitrogens is 1. The Bertz CT molecular complexity index is 433. The van der Waals surface area contributed by atoms with Crippen LogP contribution in [0.4, 0.5) is 11.5 Å². The van der Waals surface area contributed by atoms with E-state index in [1.54, 1.807) is 26.2 Å². The summed E-state index contributed by atoms with van der Waals surface area (Å²) in [6.45, 7) is 4.84. The molecule has 0 unspecified atom stereocenters. The van der Waals surface area contributed by atoms with Gasteiger partial charge in [-0.25, -0.2) is 0 Å². The Morgan fingerprint density at radius 3 is 2.74 bits per heavy atom. The SMILES string of the molecule is CC(C)COc1nc(NCC(=O)N(C)C)ccc1N. The van der Waals surface area contributed by atoms with Gasteiger partial charge < -0.3 is 20.7 Å². The van der Waals surface area contributed by atoms with Crippen LogP contribution in [-0.4, -0.2) is 43.0 Å². The van der Waals surface area contributed by atoms with Gasteiger partial charge in [0.15, 0.2) is 0 Å². The number of nitrogens with two attached hydrogens (primary N) is 1. The molecule has 0 saturated heterocycles. The zero-order chi connectivity index (χ0) is 14.4. The van der Waals surface area contributed by atoms with Gasteiger partial charge in [0.1, 0.15) is 5.82 Å². The van der Waals surface area contributed by atoms with Crippen molar-refractivity contribution in [3.8, 4) is 5.88 Å². The summed E-state index contributed by atoms with van der Waals surface area (Å²) < 4.78 is 5.52. The van der Waals surface area contributed by atoms with E-state index in [9.17, 15) is 4.79 Å². The number of nitrogens with one attached hydrogen (secondary N) is 1. The lowest BCUT2D eigenvalue weighted by atomic mass is 10.2. The summed E-state index contributed by atoms with van der Waals surface area (Å²) in [6, 6.07) is 3.44. The highest BCUT2D eigenvalue weighted by molar-refractivity contribution is 5.80. The molecular weight excluding hydrogens is 244 g/mol. The van der Waals surface area contributed by atoms with Gasteiger partial charge in [0.25, 0.3) is 0 Å². The van der Waals surface area contributed by atoms with Crippen molar-refractivity contribution in [2.24, 2.45) is 5.92 Å². The Morgan fingerprint density at radius 2 is 2.16 bits per heavy atom. The van der Waals surface area contributed by atoms with Gasteiger partial charge in [0.05, 0.1) is 18.8 Å². The van der Waals surface area contributed by atoms with E-state index in [2.05, 4.69) is 10.3 Å². The first-order valence-corrected chi connectivity index (χ1v) is 6.23. The number of ether oxygens (including phenoxy) is 1. The first kappa shape index (κ1) is 15.1. The van der Waals surface area contributed by atoms with Crippen LogP contribution in [-0.2, 0) is 4.79 Å².